The van der Waals surface area contributed by atoms with Crippen molar-refractivity contribution in [3.8, 4) is 45.0 Å². The molecule has 1 aliphatic rings. The fourth-order valence-electron chi connectivity index (χ4n) is 10.5. The Morgan fingerprint density at radius 1 is 0.350 bits per heavy atom. The first-order chi connectivity index (χ1) is 29.8. The first-order valence-electron chi connectivity index (χ1n) is 20.6. The van der Waals surface area contributed by atoms with Gasteiger partial charge in [-0.3, -0.25) is 4.57 Å². The summed E-state index contributed by atoms with van der Waals surface area (Å²) in [5, 5.41) is 12.0. The van der Waals surface area contributed by atoms with E-state index in [4.69, 9.17) is 9.97 Å². The van der Waals surface area contributed by atoms with Gasteiger partial charge in [-0.05, 0) is 86.1 Å². The molecule has 14 rings (SSSR count). The van der Waals surface area contributed by atoms with Crippen LogP contribution in [-0.4, -0.2) is 19.1 Å². The van der Waals surface area contributed by atoms with E-state index in [-0.39, 0.29) is 0 Å². The van der Waals surface area contributed by atoms with E-state index >= 15 is 0 Å². The van der Waals surface area contributed by atoms with E-state index in [0.717, 1.165) is 61.1 Å². The SMILES string of the molecule is c1ccc(-n2c3ccccc3c3c4c5c6c7c(cccc7ccc6n(-c6nc7c(ccc8ccccc87)nc6-c6ccc7ccccc7c6)c5cc32)-c2ccccc2-4)cc1. The zero-order valence-corrected chi connectivity index (χ0v) is 32.3. The Hall–Kier alpha value is -8.08. The van der Waals surface area contributed by atoms with Crippen LogP contribution in [0.15, 0.2) is 194 Å². The van der Waals surface area contributed by atoms with Gasteiger partial charge in [0.1, 0.15) is 5.69 Å². The van der Waals surface area contributed by atoms with Gasteiger partial charge in [-0.15, -0.1) is 0 Å². The Morgan fingerprint density at radius 2 is 1.03 bits per heavy atom. The summed E-state index contributed by atoms with van der Waals surface area (Å²) < 4.78 is 4.88. The quantitative estimate of drug-likeness (QED) is 0.168. The van der Waals surface area contributed by atoms with E-state index in [1.165, 1.54) is 70.9 Å². The van der Waals surface area contributed by atoms with Crippen LogP contribution in [0.2, 0.25) is 0 Å². The van der Waals surface area contributed by atoms with Crippen molar-refractivity contribution in [3.63, 3.8) is 0 Å². The Kier molecular flexibility index (Phi) is 6.26. The summed E-state index contributed by atoms with van der Waals surface area (Å²) in [7, 11) is 0. The third-order valence-electron chi connectivity index (χ3n) is 13.0. The molecule has 4 nitrogen and oxygen atoms in total. The molecule has 0 bridgehead atoms. The Morgan fingerprint density at radius 3 is 1.93 bits per heavy atom. The average molecular weight is 761 g/mol. The number of aromatic nitrogens is 4. The lowest BCUT2D eigenvalue weighted by Crippen LogP contribution is -2.04. The number of benzene rings is 10. The number of hydrogen-bond donors (Lipinski definition) is 0. The van der Waals surface area contributed by atoms with Gasteiger partial charge in [-0.2, -0.15) is 0 Å². The molecule has 1 aliphatic carbocycles. The minimum absolute atomic E-state index is 0.812. The van der Waals surface area contributed by atoms with Crippen LogP contribution in [0.3, 0.4) is 0 Å². The van der Waals surface area contributed by atoms with Crippen LogP contribution in [0.5, 0.6) is 0 Å². The second-order valence-corrected chi connectivity index (χ2v) is 16.1. The molecular formula is C56H32N4. The van der Waals surface area contributed by atoms with Crippen LogP contribution in [0, 0.1) is 0 Å². The predicted octanol–water partition coefficient (Wildman–Crippen LogP) is 14.6. The molecular weight excluding hydrogens is 729 g/mol. The van der Waals surface area contributed by atoms with Crippen LogP contribution in [0.1, 0.15) is 0 Å². The highest BCUT2D eigenvalue weighted by Crippen LogP contribution is 2.54. The van der Waals surface area contributed by atoms with Gasteiger partial charge in [0.2, 0.25) is 0 Å². The molecule has 0 unspecified atom stereocenters. The molecule has 0 saturated heterocycles. The first kappa shape index (κ1) is 31.9. The molecule has 276 valence electrons. The van der Waals surface area contributed by atoms with Gasteiger partial charge >= 0.3 is 0 Å². The summed E-state index contributed by atoms with van der Waals surface area (Å²) in [6.07, 6.45) is 0. The Balaban J connectivity index is 1.25. The zero-order chi connectivity index (χ0) is 39.1. The third kappa shape index (κ3) is 4.19. The van der Waals surface area contributed by atoms with Crippen molar-refractivity contribution in [2.24, 2.45) is 0 Å². The third-order valence-corrected chi connectivity index (χ3v) is 13.0. The number of para-hydroxylation sites is 2. The van der Waals surface area contributed by atoms with E-state index in [2.05, 4.69) is 203 Å². The second kappa shape index (κ2) is 11.8. The summed E-state index contributed by atoms with van der Waals surface area (Å²) in [6.45, 7) is 0. The lowest BCUT2D eigenvalue weighted by atomic mass is 9.91. The smallest absolute Gasteiger partial charge is 0.165 e. The molecule has 0 atom stereocenters. The minimum Gasteiger partial charge on any atom is -0.309 e. The maximum atomic E-state index is 5.79. The van der Waals surface area contributed by atoms with Gasteiger partial charge in [-0.1, -0.05) is 152 Å². The highest BCUT2D eigenvalue weighted by Gasteiger charge is 2.30. The molecule has 13 aromatic rings. The number of rotatable bonds is 3. The summed E-state index contributed by atoms with van der Waals surface area (Å²) in [6, 6.07) is 70.6. The van der Waals surface area contributed by atoms with Gasteiger partial charge in [0.15, 0.2) is 5.82 Å². The normalized spacial score (nSPS) is 12.3. The molecule has 0 spiro atoms. The van der Waals surface area contributed by atoms with Crippen molar-refractivity contribution in [3.05, 3.63) is 194 Å². The largest absolute Gasteiger partial charge is 0.309 e. The lowest BCUT2D eigenvalue weighted by Gasteiger charge is -2.17. The second-order valence-electron chi connectivity index (χ2n) is 16.1. The highest BCUT2D eigenvalue weighted by molar-refractivity contribution is 6.36. The summed E-state index contributed by atoms with van der Waals surface area (Å²) >= 11 is 0. The van der Waals surface area contributed by atoms with E-state index in [9.17, 15) is 0 Å². The molecule has 60 heavy (non-hydrogen) atoms. The topological polar surface area (TPSA) is 35.6 Å². The number of hydrogen-bond acceptors (Lipinski definition) is 2. The van der Waals surface area contributed by atoms with Crippen LogP contribution >= 0.6 is 0 Å². The Labute approximate surface area is 343 Å². The van der Waals surface area contributed by atoms with Crippen molar-refractivity contribution in [2.75, 3.05) is 0 Å². The summed E-state index contributed by atoms with van der Waals surface area (Å²) in [5.41, 5.74) is 14.3. The van der Waals surface area contributed by atoms with Crippen molar-refractivity contribution in [1.82, 2.24) is 19.1 Å². The molecule has 0 aliphatic heterocycles. The fourth-order valence-corrected chi connectivity index (χ4v) is 10.5. The molecule has 0 saturated carbocycles. The van der Waals surface area contributed by atoms with Gasteiger partial charge < -0.3 is 4.57 Å². The molecule has 3 aromatic heterocycles. The molecule has 0 N–H and O–H groups in total. The van der Waals surface area contributed by atoms with Crippen LogP contribution in [0.25, 0.3) is 132 Å². The highest BCUT2D eigenvalue weighted by atomic mass is 15.1. The molecule has 0 fully saturated rings. The maximum absolute atomic E-state index is 5.79. The van der Waals surface area contributed by atoms with E-state index < -0.39 is 0 Å². The number of fused-ring (bicyclic) bond motifs is 11. The average Bonchev–Trinajstić information content (AvgIpc) is 3.78. The van der Waals surface area contributed by atoms with Gasteiger partial charge in [-0.25, -0.2) is 9.97 Å². The van der Waals surface area contributed by atoms with Crippen molar-refractivity contribution < 1.29 is 0 Å². The van der Waals surface area contributed by atoms with Gasteiger partial charge in [0, 0.05) is 43.7 Å². The minimum atomic E-state index is 0.812. The fraction of sp³-hybridized carbons (Fsp3) is 0. The predicted molar refractivity (Wildman–Crippen MR) is 251 cm³/mol. The summed E-state index contributed by atoms with van der Waals surface area (Å²) in [5.74, 6) is 0.812. The van der Waals surface area contributed by atoms with Crippen LogP contribution < -0.4 is 0 Å². The molecule has 0 amide bonds. The van der Waals surface area contributed by atoms with Crippen molar-refractivity contribution >= 4 is 87.0 Å². The van der Waals surface area contributed by atoms with Crippen LogP contribution in [0.4, 0.5) is 0 Å². The number of nitrogens with zero attached hydrogens (tertiary/aromatic N) is 4. The van der Waals surface area contributed by atoms with E-state index in [1.807, 2.05) is 0 Å². The van der Waals surface area contributed by atoms with Crippen molar-refractivity contribution in [2.45, 2.75) is 0 Å². The molecule has 0 radical (unpaired) electrons. The van der Waals surface area contributed by atoms with E-state index in [0.29, 0.717) is 0 Å². The lowest BCUT2D eigenvalue weighted by molar-refractivity contribution is 1.08. The van der Waals surface area contributed by atoms with Crippen LogP contribution in [-0.2, 0) is 0 Å². The first-order valence-corrected chi connectivity index (χ1v) is 20.6. The Bertz CT molecular complexity index is 4000. The molecule has 4 heteroatoms. The maximum Gasteiger partial charge on any atom is 0.165 e. The molecule has 10 aromatic carbocycles. The molecule has 3 heterocycles. The monoisotopic (exact) mass is 760 g/mol. The standard InChI is InChI=1S/C56H32N4/c1-2-17-38(18-3-1)59-45-24-11-10-22-43(45)50-47(59)32-48-53-51(50)42-21-9-8-20-40(42)41-23-12-16-35-28-30-46(52(53)49(35)41)60(48)56-54(37-26-25-33-13-4-5-15-36(33)31-37)57-44-29-27-34-14-6-7-19-39(34)55(44)58-56/h1-32H. The summed E-state index contributed by atoms with van der Waals surface area (Å²) in [4.78, 5) is 11.4. The van der Waals surface area contributed by atoms with Crippen molar-refractivity contribution in [1.29, 1.82) is 0 Å². The van der Waals surface area contributed by atoms with Gasteiger partial charge in [0.25, 0.3) is 0 Å². The van der Waals surface area contributed by atoms with E-state index in [1.54, 1.807) is 0 Å². The zero-order valence-electron chi connectivity index (χ0n) is 32.3. The van der Waals surface area contributed by atoms with Gasteiger partial charge in [0.05, 0.1) is 33.1 Å².